The van der Waals surface area contributed by atoms with Gasteiger partial charge in [-0.25, -0.2) is 22.9 Å². The summed E-state index contributed by atoms with van der Waals surface area (Å²) in [5, 5.41) is 9.76. The molecule has 3 aromatic rings. The molecule has 4 rings (SSSR count). The first-order valence-electron chi connectivity index (χ1n) is 8.22. The highest BCUT2D eigenvalue weighted by molar-refractivity contribution is 7.99. The molecule has 0 fully saturated rings. The molecule has 0 atom stereocenters. The number of nitrogens with zero attached hydrogens (tertiary/aromatic N) is 4. The maximum atomic E-state index is 14.0. The Labute approximate surface area is 161 Å². The molecule has 28 heavy (non-hydrogen) atoms. The molecule has 2 heterocycles. The number of carbonyl (C=O) groups is 1. The molecule has 0 N–H and O–H groups in total. The standard InChI is InChI=1S/C18H13F3N4O2S/c19-12-5-6-15(14(21)7-12)27-9-16-22-23-18-25(16)24(17(26)10-28-18)8-11-3-1-2-4-13(11)20/h1-7H,8-10H2. The van der Waals surface area contributed by atoms with Crippen molar-refractivity contribution in [2.75, 3.05) is 10.8 Å². The van der Waals surface area contributed by atoms with Gasteiger partial charge in [0, 0.05) is 11.6 Å². The van der Waals surface area contributed by atoms with Crippen molar-refractivity contribution < 1.29 is 22.7 Å². The second kappa shape index (κ2) is 7.55. The fourth-order valence-corrected chi connectivity index (χ4v) is 3.54. The van der Waals surface area contributed by atoms with Crippen LogP contribution in [-0.4, -0.2) is 26.5 Å². The minimum Gasteiger partial charge on any atom is -0.482 e. The molecule has 0 saturated carbocycles. The normalized spacial score (nSPS) is 13.5. The Balaban J connectivity index is 1.60. The van der Waals surface area contributed by atoms with Gasteiger partial charge >= 0.3 is 0 Å². The fourth-order valence-electron chi connectivity index (χ4n) is 2.71. The van der Waals surface area contributed by atoms with Crippen LogP contribution in [0, 0.1) is 17.5 Å². The predicted octanol–water partition coefficient (Wildman–Crippen LogP) is 3.04. The minimum absolute atomic E-state index is 0.0188. The highest BCUT2D eigenvalue weighted by atomic mass is 32.2. The van der Waals surface area contributed by atoms with Gasteiger partial charge in [-0.15, -0.1) is 10.2 Å². The Morgan fingerprint density at radius 2 is 1.89 bits per heavy atom. The molecule has 10 heteroatoms. The van der Waals surface area contributed by atoms with Crippen LogP contribution in [0.2, 0.25) is 0 Å². The third-order valence-electron chi connectivity index (χ3n) is 4.06. The van der Waals surface area contributed by atoms with Crippen molar-refractivity contribution in [3.8, 4) is 5.75 Å². The van der Waals surface area contributed by atoms with Crippen LogP contribution in [0.25, 0.3) is 0 Å². The number of benzene rings is 2. The average molecular weight is 406 g/mol. The van der Waals surface area contributed by atoms with E-state index in [-0.39, 0.29) is 36.4 Å². The van der Waals surface area contributed by atoms with Crippen LogP contribution >= 0.6 is 11.8 Å². The van der Waals surface area contributed by atoms with Gasteiger partial charge < -0.3 is 4.74 Å². The SMILES string of the molecule is O=C1CSc2nnc(COc3ccc(F)cc3F)n2N1Cc1ccccc1F. The Morgan fingerprint density at radius 3 is 2.68 bits per heavy atom. The van der Waals surface area contributed by atoms with Crippen LogP contribution in [0.5, 0.6) is 5.75 Å². The molecule has 1 aliphatic heterocycles. The summed E-state index contributed by atoms with van der Waals surface area (Å²) in [6, 6.07) is 9.07. The minimum atomic E-state index is -0.855. The second-order valence-corrected chi connectivity index (χ2v) is 6.85. The number of halogens is 3. The molecule has 0 spiro atoms. The number of thioether (sulfide) groups is 1. The van der Waals surface area contributed by atoms with E-state index in [2.05, 4.69) is 10.2 Å². The van der Waals surface area contributed by atoms with Gasteiger partial charge in [0.2, 0.25) is 5.16 Å². The molecule has 6 nitrogen and oxygen atoms in total. The molecule has 1 aliphatic rings. The molecule has 0 radical (unpaired) electrons. The highest BCUT2D eigenvalue weighted by Crippen LogP contribution is 2.26. The molecule has 0 unspecified atom stereocenters. The van der Waals surface area contributed by atoms with Crippen LogP contribution < -0.4 is 9.75 Å². The number of hydrogen-bond donors (Lipinski definition) is 0. The lowest BCUT2D eigenvalue weighted by Crippen LogP contribution is -2.45. The van der Waals surface area contributed by atoms with Crippen molar-refractivity contribution >= 4 is 17.7 Å². The Morgan fingerprint density at radius 1 is 1.07 bits per heavy atom. The lowest BCUT2D eigenvalue weighted by Gasteiger charge is -2.29. The van der Waals surface area contributed by atoms with Crippen LogP contribution in [0.1, 0.15) is 11.4 Å². The lowest BCUT2D eigenvalue weighted by molar-refractivity contribution is -0.118. The van der Waals surface area contributed by atoms with Gasteiger partial charge in [-0.3, -0.25) is 4.79 Å². The highest BCUT2D eigenvalue weighted by Gasteiger charge is 2.30. The molecule has 1 aromatic heterocycles. The monoisotopic (exact) mass is 406 g/mol. The van der Waals surface area contributed by atoms with Gasteiger partial charge in [0.25, 0.3) is 5.91 Å². The van der Waals surface area contributed by atoms with Crippen molar-refractivity contribution in [1.82, 2.24) is 14.9 Å². The van der Waals surface area contributed by atoms with Gasteiger partial charge in [-0.1, -0.05) is 30.0 Å². The van der Waals surface area contributed by atoms with E-state index in [1.807, 2.05) is 0 Å². The van der Waals surface area contributed by atoms with Gasteiger partial charge in [0.15, 0.2) is 17.4 Å². The average Bonchev–Trinajstić information content (AvgIpc) is 3.08. The number of aromatic nitrogens is 3. The first-order chi connectivity index (χ1) is 13.5. The number of ether oxygens (including phenoxy) is 1. The predicted molar refractivity (Wildman–Crippen MR) is 94.8 cm³/mol. The maximum absolute atomic E-state index is 14.0. The molecule has 1 amide bonds. The van der Waals surface area contributed by atoms with Gasteiger partial charge in [0.1, 0.15) is 18.2 Å². The zero-order valence-corrected chi connectivity index (χ0v) is 15.1. The number of amides is 1. The van der Waals surface area contributed by atoms with E-state index in [1.165, 1.54) is 27.5 Å². The van der Waals surface area contributed by atoms with Crippen molar-refractivity contribution in [1.29, 1.82) is 0 Å². The lowest BCUT2D eigenvalue weighted by atomic mass is 10.2. The largest absolute Gasteiger partial charge is 0.482 e. The number of fused-ring (bicyclic) bond motifs is 1. The van der Waals surface area contributed by atoms with Gasteiger partial charge in [-0.2, -0.15) is 0 Å². The van der Waals surface area contributed by atoms with Crippen molar-refractivity contribution in [3.63, 3.8) is 0 Å². The van der Waals surface area contributed by atoms with E-state index in [0.29, 0.717) is 16.8 Å². The van der Waals surface area contributed by atoms with Crippen molar-refractivity contribution in [2.45, 2.75) is 18.3 Å². The summed E-state index contributed by atoms with van der Waals surface area (Å²) >= 11 is 1.19. The molecule has 0 aliphatic carbocycles. The van der Waals surface area contributed by atoms with Crippen LogP contribution in [0.15, 0.2) is 47.6 Å². The van der Waals surface area contributed by atoms with E-state index < -0.39 is 17.5 Å². The second-order valence-electron chi connectivity index (χ2n) is 5.91. The quantitative estimate of drug-likeness (QED) is 0.652. The number of hydrogen-bond acceptors (Lipinski definition) is 5. The third-order valence-corrected chi connectivity index (χ3v) is 4.96. The molecule has 0 saturated heterocycles. The summed E-state index contributed by atoms with van der Waals surface area (Å²) in [5.74, 6) is -2.05. The maximum Gasteiger partial charge on any atom is 0.252 e. The first kappa shape index (κ1) is 18.4. The number of carbonyl (C=O) groups excluding carboxylic acids is 1. The Bertz CT molecular complexity index is 1040. The summed E-state index contributed by atoms with van der Waals surface area (Å²) in [7, 11) is 0. The number of rotatable bonds is 5. The van der Waals surface area contributed by atoms with E-state index in [9.17, 15) is 18.0 Å². The van der Waals surface area contributed by atoms with Crippen LogP contribution in [0.4, 0.5) is 13.2 Å². The fraction of sp³-hybridized carbons (Fsp3) is 0.167. The zero-order chi connectivity index (χ0) is 19.7. The molecule has 2 aromatic carbocycles. The van der Waals surface area contributed by atoms with Gasteiger partial charge in [0.05, 0.1) is 12.3 Å². The Hall–Kier alpha value is -3.01. The molecular weight excluding hydrogens is 393 g/mol. The van der Waals surface area contributed by atoms with Crippen LogP contribution in [0.3, 0.4) is 0 Å². The summed E-state index contributed by atoms with van der Waals surface area (Å²) in [6.07, 6.45) is 0. The van der Waals surface area contributed by atoms with Crippen LogP contribution in [-0.2, 0) is 17.9 Å². The smallest absolute Gasteiger partial charge is 0.252 e. The van der Waals surface area contributed by atoms with E-state index in [0.717, 1.165) is 12.1 Å². The third kappa shape index (κ3) is 3.55. The summed E-state index contributed by atoms with van der Waals surface area (Å²) in [6.45, 7) is -0.230. The van der Waals surface area contributed by atoms with Crippen molar-refractivity contribution in [2.24, 2.45) is 0 Å². The summed E-state index contributed by atoms with van der Waals surface area (Å²) < 4.78 is 47.6. The van der Waals surface area contributed by atoms with E-state index in [1.54, 1.807) is 18.2 Å². The van der Waals surface area contributed by atoms with Crippen molar-refractivity contribution in [3.05, 3.63) is 71.3 Å². The van der Waals surface area contributed by atoms with Gasteiger partial charge in [-0.05, 0) is 18.2 Å². The first-order valence-corrected chi connectivity index (χ1v) is 9.20. The summed E-state index contributed by atoms with van der Waals surface area (Å²) in [4.78, 5) is 12.5. The summed E-state index contributed by atoms with van der Waals surface area (Å²) in [5.41, 5.74) is 0.332. The van der Waals surface area contributed by atoms with E-state index >= 15 is 0 Å². The molecule has 144 valence electrons. The topological polar surface area (TPSA) is 60.2 Å². The zero-order valence-electron chi connectivity index (χ0n) is 14.3. The Kier molecular flexibility index (Phi) is 4.95. The molecular formula is C18H13F3N4O2S. The molecule has 0 bridgehead atoms. The van der Waals surface area contributed by atoms with E-state index in [4.69, 9.17) is 4.74 Å².